The van der Waals surface area contributed by atoms with Crippen LogP contribution >= 0.6 is 11.8 Å². The summed E-state index contributed by atoms with van der Waals surface area (Å²) >= 11 is 1.46. The lowest BCUT2D eigenvalue weighted by Gasteiger charge is -2.16. The first-order valence-electron chi connectivity index (χ1n) is 10.7. The number of carbonyl (C=O) groups excluding carboxylic acids is 1. The number of benzene rings is 1. The van der Waals surface area contributed by atoms with E-state index in [1.54, 1.807) is 12.3 Å². The minimum Gasteiger partial charge on any atom is -0.338 e. The van der Waals surface area contributed by atoms with Gasteiger partial charge in [0.05, 0.1) is 5.69 Å². The molecule has 2 N–H and O–H groups in total. The fourth-order valence-corrected chi connectivity index (χ4v) is 4.12. The Hall–Kier alpha value is -2.74. The highest BCUT2D eigenvalue weighted by molar-refractivity contribution is 7.98. The van der Waals surface area contributed by atoms with Gasteiger partial charge in [0, 0.05) is 29.4 Å². The first-order chi connectivity index (χ1) is 15.2. The topological polar surface area (TPSA) is 79.8 Å². The number of urea groups is 1. The number of hydrogen-bond acceptors (Lipinski definition) is 5. The van der Waals surface area contributed by atoms with E-state index in [0.717, 1.165) is 34.2 Å². The van der Waals surface area contributed by atoms with Crippen LogP contribution in [0.3, 0.4) is 0 Å². The molecule has 0 aliphatic heterocycles. The lowest BCUT2D eigenvalue weighted by Crippen LogP contribution is -2.33. The van der Waals surface area contributed by atoms with Gasteiger partial charge in [-0.1, -0.05) is 32.5 Å². The maximum absolute atomic E-state index is 14.6. The number of hydrogen-bond donors (Lipinski definition) is 2. The van der Waals surface area contributed by atoms with Crippen LogP contribution in [0.4, 0.5) is 14.9 Å². The number of amides is 2. The number of anilines is 1. The van der Waals surface area contributed by atoms with Crippen molar-refractivity contribution in [2.75, 3.05) is 18.1 Å². The number of carbonyl (C=O) groups is 1. The quantitative estimate of drug-likeness (QED) is 0.339. The van der Waals surface area contributed by atoms with Crippen molar-refractivity contribution < 1.29 is 9.18 Å². The van der Waals surface area contributed by atoms with Gasteiger partial charge in [0.25, 0.3) is 0 Å². The average Bonchev–Trinajstić information content (AvgIpc) is 2.73. The predicted molar refractivity (Wildman–Crippen MR) is 130 cm³/mol. The van der Waals surface area contributed by atoms with Crippen LogP contribution in [0.5, 0.6) is 0 Å². The van der Waals surface area contributed by atoms with Crippen molar-refractivity contribution in [1.82, 2.24) is 20.3 Å². The Balaban J connectivity index is 1.87. The Morgan fingerprint density at radius 2 is 1.88 bits per heavy atom. The molecule has 2 aromatic heterocycles. The highest BCUT2D eigenvalue weighted by Gasteiger charge is 2.15. The first kappa shape index (κ1) is 23.9. The molecule has 0 aliphatic carbocycles. The van der Waals surface area contributed by atoms with Crippen LogP contribution in [0.1, 0.15) is 38.4 Å². The summed E-state index contributed by atoms with van der Waals surface area (Å²) in [4.78, 5) is 25.8. The Morgan fingerprint density at radius 3 is 2.56 bits per heavy atom. The molecule has 8 heteroatoms. The normalized spacial score (nSPS) is 12.2. The van der Waals surface area contributed by atoms with Crippen LogP contribution in [0, 0.1) is 31.5 Å². The van der Waals surface area contributed by atoms with Gasteiger partial charge < -0.3 is 10.6 Å². The Bertz CT molecular complexity index is 1140. The second kappa shape index (κ2) is 10.3. The number of fused-ring (bicyclic) bond motifs is 1. The van der Waals surface area contributed by atoms with Gasteiger partial charge in [-0.2, -0.15) is 0 Å². The van der Waals surface area contributed by atoms with E-state index < -0.39 is 11.8 Å². The summed E-state index contributed by atoms with van der Waals surface area (Å²) in [7, 11) is 0. The summed E-state index contributed by atoms with van der Waals surface area (Å²) in [6, 6.07) is 4.64. The maximum atomic E-state index is 14.6. The maximum Gasteiger partial charge on any atom is 0.319 e. The predicted octanol–water partition coefficient (Wildman–Crippen LogP) is 5.97. The number of halogens is 1. The van der Waals surface area contributed by atoms with Gasteiger partial charge in [0.2, 0.25) is 0 Å². The molecule has 1 unspecified atom stereocenters. The smallest absolute Gasteiger partial charge is 0.319 e. The largest absolute Gasteiger partial charge is 0.338 e. The molecule has 3 rings (SSSR count). The third-order valence-electron chi connectivity index (χ3n) is 5.26. The minimum absolute atomic E-state index is 0.132. The van der Waals surface area contributed by atoms with Crippen molar-refractivity contribution in [2.45, 2.75) is 46.2 Å². The van der Waals surface area contributed by atoms with Gasteiger partial charge in [0.1, 0.15) is 5.82 Å². The number of rotatable bonds is 7. The lowest BCUT2D eigenvalue weighted by molar-refractivity contribution is 0.249. The molecule has 2 heterocycles. The summed E-state index contributed by atoms with van der Waals surface area (Å²) in [6.07, 6.45) is 4.67. The fraction of sp³-hybridized carbons (Fsp3) is 0.417. The zero-order valence-corrected chi connectivity index (χ0v) is 20.2. The molecule has 0 spiro atoms. The van der Waals surface area contributed by atoms with E-state index in [1.807, 2.05) is 26.2 Å². The molecule has 6 nitrogen and oxygen atoms in total. The zero-order chi connectivity index (χ0) is 23.4. The highest BCUT2D eigenvalue weighted by Crippen LogP contribution is 2.32. The monoisotopic (exact) mass is 455 g/mol. The number of pyridine rings is 1. The van der Waals surface area contributed by atoms with Crippen LogP contribution in [0.2, 0.25) is 0 Å². The highest BCUT2D eigenvalue weighted by atomic mass is 32.2. The molecule has 1 atom stereocenters. The summed E-state index contributed by atoms with van der Waals surface area (Å²) in [5.41, 5.74) is 3.94. The van der Waals surface area contributed by atoms with E-state index in [2.05, 4.69) is 46.4 Å². The van der Waals surface area contributed by atoms with Crippen LogP contribution in [-0.2, 0) is 0 Å². The van der Waals surface area contributed by atoms with E-state index in [9.17, 15) is 9.18 Å². The van der Waals surface area contributed by atoms with Gasteiger partial charge in [-0.3, -0.25) is 0 Å². The van der Waals surface area contributed by atoms with Gasteiger partial charge in [-0.25, -0.2) is 24.1 Å². The van der Waals surface area contributed by atoms with Crippen molar-refractivity contribution in [3.63, 3.8) is 0 Å². The summed E-state index contributed by atoms with van der Waals surface area (Å²) < 4.78 is 14.6. The van der Waals surface area contributed by atoms with Gasteiger partial charge >= 0.3 is 6.03 Å². The standard InChI is InChI=1S/C24H30FN5OS/c1-13(2)7-14(3)11-26-23(31)29-21-10-18(15(4)8-20(21)25)19-9-17-12-27-24(32-6)30-22(17)28-16(19)5/h8-10,12-14H,7,11H2,1-6H3,(H2,26,29,31). The SMILES string of the molecule is CSc1ncc2cc(-c3cc(NC(=O)NCC(C)CC(C)C)c(F)cc3C)c(C)nc2n1. The Morgan fingerprint density at radius 1 is 1.12 bits per heavy atom. The molecule has 2 amide bonds. The molecule has 1 aromatic carbocycles. The molecular weight excluding hydrogens is 425 g/mol. The van der Waals surface area contributed by atoms with E-state index in [0.29, 0.717) is 29.2 Å². The van der Waals surface area contributed by atoms with Crippen molar-refractivity contribution >= 4 is 34.5 Å². The molecule has 170 valence electrons. The molecule has 3 aromatic rings. The fourth-order valence-electron chi connectivity index (χ4n) is 3.79. The van der Waals surface area contributed by atoms with Crippen LogP contribution < -0.4 is 10.6 Å². The third-order valence-corrected chi connectivity index (χ3v) is 5.82. The van der Waals surface area contributed by atoms with Crippen LogP contribution in [-0.4, -0.2) is 33.8 Å². The number of aryl methyl sites for hydroxylation is 2. The minimum atomic E-state index is -0.476. The van der Waals surface area contributed by atoms with Crippen molar-refractivity contribution in [3.8, 4) is 11.1 Å². The molecule has 0 saturated heterocycles. The lowest BCUT2D eigenvalue weighted by atomic mass is 9.97. The Labute approximate surface area is 192 Å². The number of nitrogens with one attached hydrogen (secondary N) is 2. The first-order valence-corrected chi connectivity index (χ1v) is 11.9. The molecule has 0 aliphatic rings. The van der Waals surface area contributed by atoms with Gasteiger partial charge in [-0.05, 0) is 67.7 Å². The summed E-state index contributed by atoms with van der Waals surface area (Å²) in [5, 5.41) is 6.96. The number of nitrogens with zero attached hydrogens (tertiary/aromatic N) is 3. The van der Waals surface area contributed by atoms with E-state index in [-0.39, 0.29) is 5.69 Å². The van der Waals surface area contributed by atoms with E-state index in [1.165, 1.54) is 17.8 Å². The average molecular weight is 456 g/mol. The van der Waals surface area contributed by atoms with Crippen molar-refractivity contribution in [3.05, 3.63) is 41.5 Å². The molecule has 32 heavy (non-hydrogen) atoms. The van der Waals surface area contributed by atoms with Crippen LogP contribution in [0.15, 0.2) is 29.6 Å². The van der Waals surface area contributed by atoms with Crippen LogP contribution in [0.25, 0.3) is 22.2 Å². The molecular formula is C24H30FN5OS. The number of thioether (sulfide) groups is 1. The molecule has 0 radical (unpaired) electrons. The third kappa shape index (κ3) is 5.73. The second-order valence-electron chi connectivity index (χ2n) is 8.61. The second-order valence-corrected chi connectivity index (χ2v) is 9.38. The van der Waals surface area contributed by atoms with Gasteiger partial charge in [0.15, 0.2) is 10.8 Å². The Kier molecular flexibility index (Phi) is 7.66. The van der Waals surface area contributed by atoms with Crippen molar-refractivity contribution in [1.29, 1.82) is 0 Å². The molecule has 0 saturated carbocycles. The van der Waals surface area contributed by atoms with Gasteiger partial charge in [-0.15, -0.1) is 0 Å². The van der Waals surface area contributed by atoms with E-state index in [4.69, 9.17) is 0 Å². The molecule has 0 bridgehead atoms. The van der Waals surface area contributed by atoms with E-state index >= 15 is 0 Å². The van der Waals surface area contributed by atoms with Crippen molar-refractivity contribution in [2.24, 2.45) is 11.8 Å². The summed E-state index contributed by atoms with van der Waals surface area (Å²) in [5.74, 6) is 0.429. The summed E-state index contributed by atoms with van der Waals surface area (Å²) in [6.45, 7) is 10.7. The molecule has 0 fully saturated rings. The number of aromatic nitrogens is 3. The zero-order valence-electron chi connectivity index (χ0n) is 19.4.